The Labute approximate surface area is 146 Å². The Balaban J connectivity index is 1.82. The summed E-state index contributed by atoms with van der Waals surface area (Å²) >= 11 is 1.50. The number of thiazole rings is 1. The number of aliphatic imine (C=N–C) groups is 1. The van der Waals surface area contributed by atoms with Crippen molar-refractivity contribution in [3.8, 4) is 0 Å². The van der Waals surface area contributed by atoms with E-state index >= 15 is 0 Å². The molecule has 0 aliphatic rings. The number of amides is 1. The zero-order chi connectivity index (χ0) is 17.5. The number of carbonyl (C=O) groups excluding carboxylic acids is 1. The summed E-state index contributed by atoms with van der Waals surface area (Å²) < 4.78 is 0. The molecule has 128 valence electrons. The quantitative estimate of drug-likeness (QED) is 0.593. The Bertz CT molecular complexity index is 704. The van der Waals surface area contributed by atoms with E-state index in [1.54, 1.807) is 11.9 Å². The Morgan fingerprint density at radius 1 is 1.21 bits per heavy atom. The highest BCUT2D eigenvalue weighted by Gasteiger charge is 2.10. The van der Waals surface area contributed by atoms with Crippen molar-refractivity contribution in [1.29, 1.82) is 0 Å². The van der Waals surface area contributed by atoms with Gasteiger partial charge in [-0.2, -0.15) is 0 Å². The van der Waals surface area contributed by atoms with Crippen LogP contribution in [0.4, 0.5) is 5.13 Å². The van der Waals surface area contributed by atoms with Gasteiger partial charge in [-0.05, 0) is 30.4 Å². The standard InChI is InChI=1S/C17H23N5OS/c1-12(23)22(2)17-21-15(11-24-17)5-3-4-13-6-8-14(9-7-13)10-20-16(18)19/h6-9,11H,3-5,10H2,1-2H3,(H4,18,19,20). The van der Waals surface area contributed by atoms with Crippen LogP contribution in [0.3, 0.4) is 0 Å². The third kappa shape index (κ3) is 5.34. The molecule has 4 N–H and O–H groups in total. The molecule has 0 aliphatic heterocycles. The molecule has 0 fully saturated rings. The number of hydrogen-bond donors (Lipinski definition) is 2. The molecule has 0 unspecified atom stereocenters. The largest absolute Gasteiger partial charge is 0.370 e. The van der Waals surface area contributed by atoms with Crippen molar-refractivity contribution in [2.45, 2.75) is 32.7 Å². The monoisotopic (exact) mass is 345 g/mol. The fourth-order valence-electron chi connectivity index (χ4n) is 2.17. The number of carbonyl (C=O) groups is 1. The zero-order valence-electron chi connectivity index (χ0n) is 14.0. The van der Waals surface area contributed by atoms with Crippen LogP contribution in [0.15, 0.2) is 34.6 Å². The van der Waals surface area contributed by atoms with E-state index in [1.807, 2.05) is 17.5 Å². The molecule has 7 heteroatoms. The van der Waals surface area contributed by atoms with Crippen molar-refractivity contribution in [3.05, 3.63) is 46.5 Å². The maximum Gasteiger partial charge on any atom is 0.225 e. The number of aromatic nitrogens is 1. The highest BCUT2D eigenvalue weighted by molar-refractivity contribution is 7.14. The molecule has 1 aromatic heterocycles. The molecule has 0 saturated heterocycles. The molecule has 0 radical (unpaired) electrons. The fraction of sp³-hybridized carbons (Fsp3) is 0.353. The van der Waals surface area contributed by atoms with Crippen LogP contribution in [-0.4, -0.2) is 23.9 Å². The van der Waals surface area contributed by atoms with E-state index in [1.165, 1.54) is 23.8 Å². The lowest BCUT2D eigenvalue weighted by atomic mass is 10.1. The molecule has 1 heterocycles. The third-order valence-electron chi connectivity index (χ3n) is 3.66. The summed E-state index contributed by atoms with van der Waals surface area (Å²) in [6.07, 6.45) is 2.90. The van der Waals surface area contributed by atoms with Gasteiger partial charge in [0.1, 0.15) is 0 Å². The van der Waals surface area contributed by atoms with Gasteiger partial charge in [0.25, 0.3) is 0 Å². The van der Waals surface area contributed by atoms with Gasteiger partial charge in [-0.1, -0.05) is 24.3 Å². The van der Waals surface area contributed by atoms with Crippen LogP contribution >= 0.6 is 11.3 Å². The Morgan fingerprint density at radius 3 is 2.50 bits per heavy atom. The number of hydrogen-bond acceptors (Lipinski definition) is 4. The number of rotatable bonds is 7. The molecule has 1 amide bonds. The first-order valence-corrected chi connectivity index (χ1v) is 8.65. The summed E-state index contributed by atoms with van der Waals surface area (Å²) in [5, 5.41) is 2.77. The number of nitrogens with zero attached hydrogens (tertiary/aromatic N) is 3. The van der Waals surface area contributed by atoms with E-state index in [0.29, 0.717) is 6.54 Å². The van der Waals surface area contributed by atoms with E-state index in [4.69, 9.17) is 11.5 Å². The zero-order valence-corrected chi connectivity index (χ0v) is 14.8. The molecule has 0 atom stereocenters. The van der Waals surface area contributed by atoms with Gasteiger partial charge in [0.05, 0.1) is 12.2 Å². The van der Waals surface area contributed by atoms with Crippen LogP contribution in [0.5, 0.6) is 0 Å². The summed E-state index contributed by atoms with van der Waals surface area (Å²) in [5.74, 6) is 0.105. The molecule has 2 aromatic rings. The van der Waals surface area contributed by atoms with Gasteiger partial charge in [-0.15, -0.1) is 11.3 Å². The molecule has 0 bridgehead atoms. The van der Waals surface area contributed by atoms with Crippen LogP contribution in [0.2, 0.25) is 0 Å². The minimum Gasteiger partial charge on any atom is -0.370 e. The lowest BCUT2D eigenvalue weighted by Gasteiger charge is -2.09. The van der Waals surface area contributed by atoms with Gasteiger partial charge < -0.3 is 11.5 Å². The summed E-state index contributed by atoms with van der Waals surface area (Å²) in [4.78, 5) is 21.4. The van der Waals surface area contributed by atoms with Gasteiger partial charge in [0.15, 0.2) is 11.1 Å². The van der Waals surface area contributed by atoms with Crippen LogP contribution < -0.4 is 16.4 Å². The van der Waals surface area contributed by atoms with Crippen molar-refractivity contribution in [2.24, 2.45) is 16.5 Å². The second-order valence-electron chi connectivity index (χ2n) is 5.61. The maximum absolute atomic E-state index is 11.3. The van der Waals surface area contributed by atoms with Gasteiger partial charge in [-0.3, -0.25) is 9.69 Å². The van der Waals surface area contributed by atoms with E-state index in [2.05, 4.69) is 22.1 Å². The Hall–Kier alpha value is -2.41. The third-order valence-corrected chi connectivity index (χ3v) is 4.63. The Kier molecular flexibility index (Phi) is 6.31. The number of anilines is 1. The normalized spacial score (nSPS) is 10.4. The number of benzene rings is 1. The van der Waals surface area contributed by atoms with Crippen molar-refractivity contribution in [2.75, 3.05) is 11.9 Å². The first-order valence-electron chi connectivity index (χ1n) is 7.77. The van der Waals surface area contributed by atoms with Crippen molar-refractivity contribution >= 4 is 28.3 Å². The first-order chi connectivity index (χ1) is 11.5. The van der Waals surface area contributed by atoms with Crippen molar-refractivity contribution < 1.29 is 4.79 Å². The van der Waals surface area contributed by atoms with Gasteiger partial charge >= 0.3 is 0 Å². The Morgan fingerprint density at radius 2 is 1.88 bits per heavy atom. The van der Waals surface area contributed by atoms with Crippen LogP contribution in [0, 0.1) is 0 Å². The lowest BCUT2D eigenvalue weighted by Crippen LogP contribution is -2.22. The highest BCUT2D eigenvalue weighted by atomic mass is 32.1. The summed E-state index contributed by atoms with van der Waals surface area (Å²) in [5.41, 5.74) is 14.1. The number of guanidine groups is 1. The maximum atomic E-state index is 11.3. The minimum atomic E-state index is -0.00304. The SMILES string of the molecule is CC(=O)N(C)c1nc(CCCc2ccc(CN=C(N)N)cc2)cs1. The molecule has 24 heavy (non-hydrogen) atoms. The second-order valence-corrected chi connectivity index (χ2v) is 6.45. The van der Waals surface area contributed by atoms with E-state index in [-0.39, 0.29) is 11.9 Å². The van der Waals surface area contributed by atoms with Gasteiger partial charge in [0.2, 0.25) is 5.91 Å². The highest BCUT2D eigenvalue weighted by Crippen LogP contribution is 2.20. The number of aryl methyl sites for hydroxylation is 2. The topological polar surface area (TPSA) is 97.6 Å². The molecular weight excluding hydrogens is 322 g/mol. The fourth-order valence-corrected chi connectivity index (χ4v) is 3.04. The summed E-state index contributed by atoms with van der Waals surface area (Å²) in [6.45, 7) is 2.05. The van der Waals surface area contributed by atoms with Crippen LogP contribution in [0.1, 0.15) is 30.2 Å². The molecule has 0 spiro atoms. The predicted molar refractivity (Wildman–Crippen MR) is 99.2 cm³/mol. The van der Waals surface area contributed by atoms with E-state index < -0.39 is 0 Å². The van der Waals surface area contributed by atoms with Crippen LogP contribution in [-0.2, 0) is 24.2 Å². The molecular formula is C17H23N5OS. The number of nitrogens with two attached hydrogens (primary N) is 2. The molecule has 6 nitrogen and oxygen atoms in total. The second kappa shape index (κ2) is 8.44. The minimum absolute atomic E-state index is 0.00304. The van der Waals surface area contributed by atoms with Crippen molar-refractivity contribution in [3.63, 3.8) is 0 Å². The van der Waals surface area contributed by atoms with E-state index in [0.717, 1.165) is 35.7 Å². The average molecular weight is 345 g/mol. The van der Waals surface area contributed by atoms with E-state index in [9.17, 15) is 4.79 Å². The molecule has 1 aromatic carbocycles. The smallest absolute Gasteiger partial charge is 0.225 e. The first kappa shape index (κ1) is 17.9. The molecule has 0 saturated carbocycles. The van der Waals surface area contributed by atoms with Crippen molar-refractivity contribution in [1.82, 2.24) is 4.98 Å². The summed E-state index contributed by atoms with van der Waals surface area (Å²) in [7, 11) is 1.74. The van der Waals surface area contributed by atoms with Gasteiger partial charge in [-0.25, -0.2) is 9.98 Å². The van der Waals surface area contributed by atoms with Gasteiger partial charge in [0, 0.05) is 19.4 Å². The average Bonchev–Trinajstić information content (AvgIpc) is 3.02. The lowest BCUT2D eigenvalue weighted by molar-refractivity contribution is -0.116. The molecule has 0 aliphatic carbocycles. The van der Waals surface area contributed by atoms with Crippen LogP contribution in [0.25, 0.3) is 0 Å². The predicted octanol–water partition coefficient (Wildman–Crippen LogP) is 2.07. The molecule has 2 rings (SSSR count). The summed E-state index contributed by atoms with van der Waals surface area (Å²) in [6, 6.07) is 8.30.